The molecule has 0 bridgehead atoms. The molecule has 65 valence electrons. The van der Waals surface area contributed by atoms with Crippen LogP contribution >= 0.6 is 0 Å². The Morgan fingerprint density at radius 3 is 3.00 bits per heavy atom. The van der Waals surface area contributed by atoms with Crippen molar-refractivity contribution in [3.8, 4) is 5.75 Å². The van der Waals surface area contributed by atoms with Gasteiger partial charge in [0.2, 0.25) is 0 Å². The second-order valence-electron chi connectivity index (χ2n) is 2.82. The molecule has 0 aliphatic carbocycles. The Morgan fingerprint density at radius 1 is 1.23 bits per heavy atom. The quantitative estimate of drug-likeness (QED) is 0.674. The van der Waals surface area contributed by atoms with Crippen molar-refractivity contribution in [3.05, 3.63) is 42.5 Å². The molecule has 0 spiro atoms. The van der Waals surface area contributed by atoms with Crippen molar-refractivity contribution in [2.75, 3.05) is 6.61 Å². The molecule has 0 aromatic heterocycles. The smallest absolute Gasteiger partial charge is 0.127 e. The molecule has 0 saturated carbocycles. The van der Waals surface area contributed by atoms with E-state index in [1.54, 1.807) is 0 Å². The summed E-state index contributed by atoms with van der Waals surface area (Å²) in [5, 5.41) is 2.24. The first-order chi connectivity index (χ1) is 6.42. The van der Waals surface area contributed by atoms with Gasteiger partial charge in [0.05, 0.1) is 6.61 Å². The van der Waals surface area contributed by atoms with Gasteiger partial charge in [-0.1, -0.05) is 30.3 Å². The van der Waals surface area contributed by atoms with Crippen LogP contribution in [0.15, 0.2) is 36.4 Å². The average molecular weight is 171 g/mol. The minimum atomic E-state index is 0.702. The minimum Gasteiger partial charge on any atom is -0.493 e. The normalized spacial score (nSPS) is 10.2. The van der Waals surface area contributed by atoms with Gasteiger partial charge in [0.25, 0.3) is 0 Å². The molecule has 2 aromatic carbocycles. The van der Waals surface area contributed by atoms with Crippen LogP contribution in [0.1, 0.15) is 6.92 Å². The van der Waals surface area contributed by atoms with E-state index in [2.05, 4.69) is 12.1 Å². The van der Waals surface area contributed by atoms with Crippen LogP contribution in [-0.4, -0.2) is 6.61 Å². The fourth-order valence-corrected chi connectivity index (χ4v) is 1.41. The molecule has 2 rings (SSSR count). The van der Waals surface area contributed by atoms with Crippen LogP contribution in [0.5, 0.6) is 5.75 Å². The molecule has 0 atom stereocenters. The molecule has 0 fully saturated rings. The third kappa shape index (κ3) is 1.50. The van der Waals surface area contributed by atoms with Crippen molar-refractivity contribution in [3.63, 3.8) is 0 Å². The fourth-order valence-electron chi connectivity index (χ4n) is 1.41. The third-order valence-corrected chi connectivity index (χ3v) is 1.96. The summed E-state index contributed by atoms with van der Waals surface area (Å²) in [5.41, 5.74) is 0. The van der Waals surface area contributed by atoms with E-state index in [9.17, 15) is 0 Å². The van der Waals surface area contributed by atoms with E-state index in [1.165, 1.54) is 0 Å². The highest BCUT2D eigenvalue weighted by Gasteiger charge is 1.98. The molecule has 1 radical (unpaired) electrons. The van der Waals surface area contributed by atoms with Gasteiger partial charge in [-0.3, -0.25) is 0 Å². The Labute approximate surface area is 78.0 Å². The predicted molar refractivity (Wildman–Crippen MR) is 54.0 cm³/mol. The first-order valence-corrected chi connectivity index (χ1v) is 4.44. The van der Waals surface area contributed by atoms with Crippen molar-refractivity contribution in [1.82, 2.24) is 0 Å². The molecule has 0 unspecified atom stereocenters. The van der Waals surface area contributed by atoms with Gasteiger partial charge in [-0.05, 0) is 24.4 Å². The molecule has 0 saturated heterocycles. The van der Waals surface area contributed by atoms with E-state index < -0.39 is 0 Å². The van der Waals surface area contributed by atoms with Crippen molar-refractivity contribution in [1.29, 1.82) is 0 Å². The first kappa shape index (κ1) is 8.11. The maximum absolute atomic E-state index is 5.50. The second kappa shape index (κ2) is 3.48. The topological polar surface area (TPSA) is 9.23 Å². The van der Waals surface area contributed by atoms with E-state index in [1.807, 2.05) is 37.3 Å². The second-order valence-corrected chi connectivity index (χ2v) is 2.82. The van der Waals surface area contributed by atoms with Gasteiger partial charge in [0.15, 0.2) is 0 Å². The third-order valence-electron chi connectivity index (χ3n) is 1.96. The summed E-state index contributed by atoms with van der Waals surface area (Å²) >= 11 is 0. The summed E-state index contributed by atoms with van der Waals surface area (Å²) in [4.78, 5) is 0. The molecule has 0 aliphatic heterocycles. The van der Waals surface area contributed by atoms with Crippen LogP contribution in [0.2, 0.25) is 0 Å². The molecule has 0 heterocycles. The molecular weight excluding hydrogens is 160 g/mol. The first-order valence-electron chi connectivity index (χ1n) is 4.44. The lowest BCUT2D eigenvalue weighted by Gasteiger charge is -2.05. The highest BCUT2D eigenvalue weighted by Crippen LogP contribution is 2.24. The van der Waals surface area contributed by atoms with E-state index in [-0.39, 0.29) is 0 Å². The van der Waals surface area contributed by atoms with E-state index in [0.717, 1.165) is 16.5 Å². The van der Waals surface area contributed by atoms with Gasteiger partial charge < -0.3 is 4.74 Å². The molecule has 1 heteroatoms. The summed E-state index contributed by atoms with van der Waals surface area (Å²) < 4.78 is 5.50. The summed E-state index contributed by atoms with van der Waals surface area (Å²) in [6, 6.07) is 15.1. The zero-order chi connectivity index (χ0) is 9.10. The summed E-state index contributed by atoms with van der Waals surface area (Å²) in [7, 11) is 0. The summed E-state index contributed by atoms with van der Waals surface area (Å²) in [6.45, 7) is 2.69. The van der Waals surface area contributed by atoms with Crippen molar-refractivity contribution >= 4 is 10.8 Å². The van der Waals surface area contributed by atoms with Crippen LogP contribution in [-0.2, 0) is 0 Å². The highest BCUT2D eigenvalue weighted by molar-refractivity contribution is 5.87. The lowest BCUT2D eigenvalue weighted by atomic mass is 10.1. The predicted octanol–water partition coefficient (Wildman–Crippen LogP) is 3.04. The van der Waals surface area contributed by atoms with Crippen LogP contribution in [0, 0.1) is 6.07 Å². The lowest BCUT2D eigenvalue weighted by Crippen LogP contribution is -1.91. The molecule has 0 amide bonds. The standard InChI is InChI=1S/C12H11O/c1-2-13-12-9-5-7-10-6-3-4-8-11(10)12/h3-5,7-9H,2H2,1H3. The van der Waals surface area contributed by atoms with Gasteiger partial charge in [0.1, 0.15) is 5.75 Å². The Bertz CT molecular complexity index is 401. The van der Waals surface area contributed by atoms with Gasteiger partial charge in [0, 0.05) is 5.39 Å². The number of ether oxygens (including phenoxy) is 1. The largest absolute Gasteiger partial charge is 0.493 e. The zero-order valence-corrected chi connectivity index (χ0v) is 7.58. The zero-order valence-electron chi connectivity index (χ0n) is 7.58. The maximum atomic E-state index is 5.50. The van der Waals surface area contributed by atoms with E-state index in [0.29, 0.717) is 6.61 Å². The molecule has 0 aliphatic rings. The summed E-state index contributed by atoms with van der Waals surface area (Å²) in [6.07, 6.45) is 0. The Hall–Kier alpha value is -1.50. The van der Waals surface area contributed by atoms with Gasteiger partial charge in [-0.15, -0.1) is 0 Å². The lowest BCUT2D eigenvalue weighted by molar-refractivity contribution is 0.344. The van der Waals surface area contributed by atoms with E-state index >= 15 is 0 Å². The monoisotopic (exact) mass is 171 g/mol. The fraction of sp³-hybridized carbons (Fsp3) is 0.167. The molecule has 13 heavy (non-hydrogen) atoms. The molecule has 1 nitrogen and oxygen atoms in total. The summed E-state index contributed by atoms with van der Waals surface area (Å²) in [5.74, 6) is 0.942. The Morgan fingerprint density at radius 2 is 2.15 bits per heavy atom. The SMILES string of the molecule is CCOc1cccc2[c]cccc12. The van der Waals surface area contributed by atoms with Gasteiger partial charge in [-0.25, -0.2) is 0 Å². The van der Waals surface area contributed by atoms with Crippen molar-refractivity contribution in [2.45, 2.75) is 6.92 Å². The van der Waals surface area contributed by atoms with Crippen LogP contribution in [0.4, 0.5) is 0 Å². The number of hydrogen-bond donors (Lipinski definition) is 0. The van der Waals surface area contributed by atoms with Crippen LogP contribution in [0.25, 0.3) is 10.8 Å². The molecule has 2 aromatic rings. The number of benzene rings is 2. The van der Waals surface area contributed by atoms with Gasteiger partial charge >= 0.3 is 0 Å². The molecule has 0 N–H and O–H groups in total. The molecular formula is C12H11O. The van der Waals surface area contributed by atoms with Crippen LogP contribution in [0.3, 0.4) is 0 Å². The Kier molecular flexibility index (Phi) is 2.17. The van der Waals surface area contributed by atoms with Crippen LogP contribution < -0.4 is 4.74 Å². The maximum Gasteiger partial charge on any atom is 0.127 e. The Balaban J connectivity index is 2.61. The minimum absolute atomic E-state index is 0.702. The number of hydrogen-bond acceptors (Lipinski definition) is 1. The average Bonchev–Trinajstić information content (AvgIpc) is 2.19. The highest BCUT2D eigenvalue weighted by atomic mass is 16.5. The van der Waals surface area contributed by atoms with Crippen molar-refractivity contribution < 1.29 is 4.74 Å². The van der Waals surface area contributed by atoms with E-state index in [4.69, 9.17) is 4.74 Å². The van der Waals surface area contributed by atoms with Gasteiger partial charge in [-0.2, -0.15) is 0 Å². The number of fused-ring (bicyclic) bond motifs is 1. The number of rotatable bonds is 2. The van der Waals surface area contributed by atoms with Crippen molar-refractivity contribution in [2.24, 2.45) is 0 Å².